The van der Waals surface area contributed by atoms with Crippen LogP contribution in [0.4, 0.5) is 13.2 Å². The molecule has 0 unspecified atom stereocenters. The lowest BCUT2D eigenvalue weighted by molar-refractivity contribution is 0.0975. The molecule has 0 amide bonds. The number of carbonyl (C=O) groups excluding carboxylic acids is 1. The lowest BCUT2D eigenvalue weighted by Gasteiger charge is -2.03. The van der Waals surface area contributed by atoms with Crippen LogP contribution in [-0.2, 0) is 6.42 Å². The van der Waals surface area contributed by atoms with Gasteiger partial charge in [-0.25, -0.2) is 13.2 Å². The number of rotatable bonds is 4. The highest BCUT2D eigenvalue weighted by Gasteiger charge is 2.18. The van der Waals surface area contributed by atoms with E-state index in [-0.39, 0.29) is 12.8 Å². The van der Waals surface area contributed by atoms with Crippen LogP contribution in [0.5, 0.6) is 0 Å². The zero-order valence-corrected chi connectivity index (χ0v) is 9.25. The number of ketones is 1. The Morgan fingerprint density at radius 2 is 1.89 bits per heavy atom. The molecular weight excluding hydrogens is 245 g/mol. The zero-order valence-electron chi connectivity index (χ0n) is 9.25. The fraction of sp³-hybridized carbons (Fsp3) is 0.154. The van der Waals surface area contributed by atoms with E-state index in [1.165, 1.54) is 6.26 Å². The van der Waals surface area contributed by atoms with Crippen molar-refractivity contribution in [2.24, 2.45) is 0 Å². The summed E-state index contributed by atoms with van der Waals surface area (Å²) in [6, 6.07) is 5.02. The molecule has 94 valence electrons. The van der Waals surface area contributed by atoms with Gasteiger partial charge in [-0.1, -0.05) is 0 Å². The molecule has 0 aliphatic carbocycles. The fourth-order valence-electron chi connectivity index (χ4n) is 1.57. The summed E-state index contributed by atoms with van der Waals surface area (Å²) in [4.78, 5) is 11.7. The molecule has 0 N–H and O–H groups in total. The summed E-state index contributed by atoms with van der Waals surface area (Å²) in [5, 5.41) is 0. The Morgan fingerprint density at radius 3 is 2.56 bits per heavy atom. The van der Waals surface area contributed by atoms with Crippen LogP contribution in [-0.4, -0.2) is 5.78 Å². The first kappa shape index (κ1) is 12.4. The monoisotopic (exact) mass is 254 g/mol. The van der Waals surface area contributed by atoms with Crippen molar-refractivity contribution in [3.05, 3.63) is 59.3 Å². The maximum absolute atomic E-state index is 13.3. The molecule has 0 spiro atoms. The molecule has 0 bridgehead atoms. The molecular formula is C13H9F3O2. The van der Waals surface area contributed by atoms with E-state index < -0.39 is 28.8 Å². The molecule has 0 aliphatic rings. The van der Waals surface area contributed by atoms with Crippen molar-refractivity contribution < 1.29 is 22.4 Å². The second kappa shape index (κ2) is 5.08. The van der Waals surface area contributed by atoms with Crippen LogP contribution in [0, 0.1) is 17.5 Å². The molecule has 0 atom stereocenters. The van der Waals surface area contributed by atoms with E-state index in [4.69, 9.17) is 4.42 Å². The van der Waals surface area contributed by atoms with Gasteiger partial charge < -0.3 is 4.42 Å². The molecule has 0 fully saturated rings. The van der Waals surface area contributed by atoms with Gasteiger partial charge in [0.15, 0.2) is 23.2 Å². The molecule has 2 aromatic rings. The highest BCUT2D eigenvalue weighted by atomic mass is 19.2. The Bertz CT molecular complexity index is 562. The lowest BCUT2D eigenvalue weighted by Crippen LogP contribution is -2.06. The van der Waals surface area contributed by atoms with E-state index >= 15 is 0 Å². The molecule has 0 aliphatic heterocycles. The first-order chi connectivity index (χ1) is 8.59. The van der Waals surface area contributed by atoms with Crippen LogP contribution >= 0.6 is 0 Å². The number of aryl methyl sites for hydroxylation is 1. The topological polar surface area (TPSA) is 30.2 Å². The smallest absolute Gasteiger partial charge is 0.195 e. The molecule has 1 aromatic heterocycles. The summed E-state index contributed by atoms with van der Waals surface area (Å²) in [6.45, 7) is 0. The van der Waals surface area contributed by atoms with Crippen LogP contribution in [0.25, 0.3) is 0 Å². The van der Waals surface area contributed by atoms with Crippen molar-refractivity contribution in [2.45, 2.75) is 12.8 Å². The SMILES string of the molecule is O=C(CCc1ccco1)c1ccc(F)c(F)c1F. The number of benzene rings is 1. The Morgan fingerprint density at radius 1 is 1.11 bits per heavy atom. The Balaban J connectivity index is 2.12. The number of hydrogen-bond donors (Lipinski definition) is 0. The van der Waals surface area contributed by atoms with Crippen LogP contribution in [0.3, 0.4) is 0 Å². The van der Waals surface area contributed by atoms with Crippen molar-refractivity contribution in [3.63, 3.8) is 0 Å². The van der Waals surface area contributed by atoms with Gasteiger partial charge in [-0.15, -0.1) is 0 Å². The van der Waals surface area contributed by atoms with Crippen molar-refractivity contribution in [1.29, 1.82) is 0 Å². The average Bonchev–Trinajstić information content (AvgIpc) is 2.86. The molecule has 5 heteroatoms. The van der Waals surface area contributed by atoms with E-state index in [1.54, 1.807) is 12.1 Å². The van der Waals surface area contributed by atoms with Gasteiger partial charge in [-0.2, -0.15) is 0 Å². The molecule has 0 radical (unpaired) electrons. The van der Waals surface area contributed by atoms with Crippen molar-refractivity contribution in [3.8, 4) is 0 Å². The van der Waals surface area contributed by atoms with E-state index in [2.05, 4.69) is 0 Å². The fourth-order valence-corrected chi connectivity index (χ4v) is 1.57. The molecule has 0 saturated carbocycles. The third-order valence-corrected chi connectivity index (χ3v) is 2.51. The van der Waals surface area contributed by atoms with Gasteiger partial charge in [0.05, 0.1) is 11.8 Å². The normalized spacial score (nSPS) is 10.6. The third kappa shape index (κ3) is 2.45. The minimum atomic E-state index is -1.63. The van der Waals surface area contributed by atoms with Gasteiger partial charge in [0.25, 0.3) is 0 Å². The molecule has 1 aromatic carbocycles. The lowest BCUT2D eigenvalue weighted by atomic mass is 10.0. The summed E-state index contributed by atoms with van der Waals surface area (Å²) in [5.74, 6) is -4.40. The highest BCUT2D eigenvalue weighted by molar-refractivity contribution is 5.96. The van der Waals surface area contributed by atoms with Gasteiger partial charge in [0.2, 0.25) is 0 Å². The summed E-state index contributed by atoms with van der Waals surface area (Å²) in [6.07, 6.45) is 1.71. The van der Waals surface area contributed by atoms with Crippen LogP contribution in [0.15, 0.2) is 34.9 Å². The van der Waals surface area contributed by atoms with E-state index in [9.17, 15) is 18.0 Å². The minimum absolute atomic E-state index is 0.0322. The van der Waals surface area contributed by atoms with Crippen molar-refractivity contribution in [1.82, 2.24) is 0 Å². The minimum Gasteiger partial charge on any atom is -0.469 e. The summed E-state index contributed by atoms with van der Waals surface area (Å²) in [7, 11) is 0. The van der Waals surface area contributed by atoms with Crippen molar-refractivity contribution in [2.75, 3.05) is 0 Å². The summed E-state index contributed by atoms with van der Waals surface area (Å²) in [5.41, 5.74) is -0.444. The van der Waals surface area contributed by atoms with Gasteiger partial charge in [0.1, 0.15) is 5.76 Å². The molecule has 1 heterocycles. The summed E-state index contributed by atoms with van der Waals surface area (Å²) >= 11 is 0. The van der Waals surface area contributed by atoms with E-state index in [0.29, 0.717) is 5.76 Å². The predicted octanol–water partition coefficient (Wildman–Crippen LogP) is 3.51. The summed E-state index contributed by atoms with van der Waals surface area (Å²) < 4.78 is 44.0. The number of Topliss-reactive ketones (excluding diaryl/α,β-unsaturated/α-hetero) is 1. The first-order valence-electron chi connectivity index (χ1n) is 5.28. The number of furan rings is 1. The van der Waals surface area contributed by atoms with Crippen LogP contribution in [0.2, 0.25) is 0 Å². The Hall–Kier alpha value is -2.04. The first-order valence-corrected chi connectivity index (χ1v) is 5.28. The predicted molar refractivity (Wildman–Crippen MR) is 57.7 cm³/mol. The molecule has 2 rings (SSSR count). The Labute approximate surface area is 101 Å². The second-order valence-electron chi connectivity index (χ2n) is 3.73. The molecule has 18 heavy (non-hydrogen) atoms. The average molecular weight is 254 g/mol. The zero-order chi connectivity index (χ0) is 13.1. The second-order valence-corrected chi connectivity index (χ2v) is 3.73. The largest absolute Gasteiger partial charge is 0.469 e. The van der Waals surface area contributed by atoms with Gasteiger partial charge in [0, 0.05) is 12.8 Å². The maximum atomic E-state index is 13.3. The molecule has 0 saturated heterocycles. The number of carbonyl (C=O) groups is 1. The number of halogens is 3. The van der Waals surface area contributed by atoms with Gasteiger partial charge in [-0.05, 0) is 24.3 Å². The third-order valence-electron chi connectivity index (χ3n) is 2.51. The maximum Gasteiger partial charge on any atom is 0.195 e. The van der Waals surface area contributed by atoms with E-state index in [1.807, 2.05) is 0 Å². The van der Waals surface area contributed by atoms with Gasteiger partial charge >= 0.3 is 0 Å². The van der Waals surface area contributed by atoms with Crippen LogP contribution in [0.1, 0.15) is 22.5 Å². The van der Waals surface area contributed by atoms with E-state index in [0.717, 1.165) is 12.1 Å². The van der Waals surface area contributed by atoms with Crippen LogP contribution < -0.4 is 0 Å². The van der Waals surface area contributed by atoms with Gasteiger partial charge in [-0.3, -0.25) is 4.79 Å². The molecule has 2 nitrogen and oxygen atoms in total. The quantitative estimate of drug-likeness (QED) is 0.617. The highest BCUT2D eigenvalue weighted by Crippen LogP contribution is 2.17. The number of hydrogen-bond acceptors (Lipinski definition) is 2. The standard InChI is InChI=1S/C13H9F3O2/c14-10-5-4-9(12(15)13(10)16)11(17)6-3-8-2-1-7-18-8/h1-2,4-5,7H,3,6H2. The Kier molecular flexibility index (Phi) is 3.50. The van der Waals surface area contributed by atoms with Crippen molar-refractivity contribution >= 4 is 5.78 Å².